The normalized spacial score (nSPS) is 14.6. The van der Waals surface area contributed by atoms with Crippen LogP contribution in [0.5, 0.6) is 0 Å². The molecule has 2 heteroatoms. The van der Waals surface area contributed by atoms with E-state index in [1.165, 1.54) is 6.42 Å². The Hall–Kier alpha value is -0.0800. The molecule has 0 spiro atoms. The summed E-state index contributed by atoms with van der Waals surface area (Å²) in [5, 5.41) is 1.98. The summed E-state index contributed by atoms with van der Waals surface area (Å²) in [5.74, 6) is 0. The van der Waals surface area contributed by atoms with Gasteiger partial charge in [-0.05, 0) is 13.3 Å². The van der Waals surface area contributed by atoms with Gasteiger partial charge in [0.05, 0.1) is 0 Å². The van der Waals surface area contributed by atoms with Gasteiger partial charge < -0.3 is 0 Å². The number of hydrogen-bond acceptors (Lipinski definition) is 2. The second-order valence-corrected chi connectivity index (χ2v) is 2.33. The second kappa shape index (κ2) is 3.87. The number of hydrogen-bond donors (Lipinski definition) is 1. The average molecular weight is 116 g/mol. The molecule has 0 fully saturated rings. The van der Waals surface area contributed by atoms with Gasteiger partial charge in [0.25, 0.3) is 0 Å². The first-order valence-electron chi connectivity index (χ1n) is 3.10. The molecular weight excluding hydrogens is 100 g/mol. The summed E-state index contributed by atoms with van der Waals surface area (Å²) in [7, 11) is 4.01. The standard InChI is InChI=1S/C6H16N2/c1-5-6(2)7-8(3)4/h6-7H,5H2,1-4H3. The molecule has 8 heavy (non-hydrogen) atoms. The van der Waals surface area contributed by atoms with E-state index in [4.69, 9.17) is 0 Å². The van der Waals surface area contributed by atoms with Crippen LogP contribution in [0.4, 0.5) is 0 Å². The first kappa shape index (κ1) is 7.92. The lowest BCUT2D eigenvalue weighted by atomic mass is 10.3. The zero-order chi connectivity index (χ0) is 6.57. The summed E-state index contributed by atoms with van der Waals surface area (Å²) in [6.45, 7) is 4.33. The molecule has 0 heterocycles. The van der Waals surface area contributed by atoms with Crippen molar-refractivity contribution in [2.45, 2.75) is 26.3 Å². The van der Waals surface area contributed by atoms with Crippen molar-refractivity contribution in [2.75, 3.05) is 14.1 Å². The highest BCUT2D eigenvalue weighted by molar-refractivity contribution is 4.50. The summed E-state index contributed by atoms with van der Waals surface area (Å²) in [6.07, 6.45) is 1.18. The molecule has 0 aliphatic carbocycles. The molecule has 0 bridgehead atoms. The highest BCUT2D eigenvalue weighted by Gasteiger charge is 1.95. The maximum absolute atomic E-state index is 3.23. The van der Waals surface area contributed by atoms with E-state index < -0.39 is 0 Å². The average Bonchev–Trinajstić information content (AvgIpc) is 1.65. The van der Waals surface area contributed by atoms with Crippen LogP contribution in [0, 0.1) is 0 Å². The molecular formula is C6H16N2. The molecule has 0 aliphatic rings. The van der Waals surface area contributed by atoms with E-state index in [9.17, 15) is 0 Å². The number of rotatable bonds is 3. The Balaban J connectivity index is 3.10. The van der Waals surface area contributed by atoms with Gasteiger partial charge in [-0.1, -0.05) is 6.92 Å². The molecule has 1 N–H and O–H groups in total. The van der Waals surface area contributed by atoms with Gasteiger partial charge >= 0.3 is 0 Å². The predicted octanol–water partition coefficient (Wildman–Crippen LogP) is 0.851. The third-order valence-corrected chi connectivity index (χ3v) is 1.09. The van der Waals surface area contributed by atoms with E-state index >= 15 is 0 Å². The molecule has 0 aliphatic heterocycles. The van der Waals surface area contributed by atoms with Crippen molar-refractivity contribution in [3.05, 3.63) is 0 Å². The SMILES string of the molecule is CCC(C)NN(C)C. The smallest absolute Gasteiger partial charge is 0.0184 e. The predicted molar refractivity (Wildman–Crippen MR) is 36.6 cm³/mol. The van der Waals surface area contributed by atoms with E-state index in [0.717, 1.165) is 0 Å². The summed E-state index contributed by atoms with van der Waals surface area (Å²) in [5.41, 5.74) is 3.23. The van der Waals surface area contributed by atoms with E-state index in [0.29, 0.717) is 6.04 Å². The van der Waals surface area contributed by atoms with Crippen LogP contribution in [0.2, 0.25) is 0 Å². The Labute approximate surface area is 51.8 Å². The Morgan fingerprint density at radius 1 is 1.50 bits per heavy atom. The second-order valence-electron chi connectivity index (χ2n) is 2.33. The summed E-state index contributed by atoms with van der Waals surface area (Å²) in [6, 6.07) is 0.602. The molecule has 0 radical (unpaired) electrons. The lowest BCUT2D eigenvalue weighted by Crippen LogP contribution is -2.37. The minimum absolute atomic E-state index is 0.602. The van der Waals surface area contributed by atoms with Gasteiger partial charge in [-0.3, -0.25) is 10.4 Å². The zero-order valence-electron chi connectivity index (χ0n) is 6.23. The Kier molecular flexibility index (Phi) is 3.83. The minimum Gasteiger partial charge on any atom is -0.253 e. The molecule has 1 atom stereocenters. The van der Waals surface area contributed by atoms with Crippen molar-refractivity contribution in [2.24, 2.45) is 0 Å². The Bertz CT molecular complexity index is 52.5. The van der Waals surface area contributed by atoms with Gasteiger partial charge in [0.2, 0.25) is 0 Å². The monoisotopic (exact) mass is 116 g/mol. The van der Waals surface area contributed by atoms with Crippen LogP contribution in [-0.2, 0) is 0 Å². The van der Waals surface area contributed by atoms with Gasteiger partial charge in [-0.15, -0.1) is 0 Å². The topological polar surface area (TPSA) is 15.3 Å². The third-order valence-electron chi connectivity index (χ3n) is 1.09. The Morgan fingerprint density at radius 2 is 2.00 bits per heavy atom. The first-order valence-corrected chi connectivity index (χ1v) is 3.10. The third kappa shape index (κ3) is 4.09. The summed E-state index contributed by atoms with van der Waals surface area (Å²) < 4.78 is 0. The molecule has 0 aromatic heterocycles. The van der Waals surface area contributed by atoms with Crippen LogP contribution in [0.3, 0.4) is 0 Å². The molecule has 0 rings (SSSR count). The van der Waals surface area contributed by atoms with E-state index in [1.807, 2.05) is 19.1 Å². The molecule has 0 aromatic carbocycles. The van der Waals surface area contributed by atoms with Crippen molar-refractivity contribution in [1.82, 2.24) is 10.4 Å². The summed E-state index contributed by atoms with van der Waals surface area (Å²) >= 11 is 0. The lowest BCUT2D eigenvalue weighted by Gasteiger charge is -2.16. The van der Waals surface area contributed by atoms with Crippen molar-refractivity contribution in [3.8, 4) is 0 Å². The van der Waals surface area contributed by atoms with Gasteiger partial charge in [-0.2, -0.15) is 0 Å². The highest BCUT2D eigenvalue weighted by Crippen LogP contribution is 1.86. The molecule has 1 unspecified atom stereocenters. The van der Waals surface area contributed by atoms with E-state index in [2.05, 4.69) is 19.3 Å². The fraction of sp³-hybridized carbons (Fsp3) is 1.00. The molecule has 0 aromatic rings. The van der Waals surface area contributed by atoms with Crippen LogP contribution >= 0.6 is 0 Å². The van der Waals surface area contributed by atoms with Crippen LogP contribution in [0.15, 0.2) is 0 Å². The largest absolute Gasteiger partial charge is 0.253 e. The van der Waals surface area contributed by atoms with E-state index in [-0.39, 0.29) is 0 Å². The summed E-state index contributed by atoms with van der Waals surface area (Å²) in [4.78, 5) is 0. The highest BCUT2D eigenvalue weighted by atomic mass is 15.5. The molecule has 50 valence electrons. The maximum Gasteiger partial charge on any atom is 0.0184 e. The lowest BCUT2D eigenvalue weighted by molar-refractivity contribution is 0.247. The first-order chi connectivity index (χ1) is 3.66. The van der Waals surface area contributed by atoms with Crippen molar-refractivity contribution < 1.29 is 0 Å². The van der Waals surface area contributed by atoms with Crippen LogP contribution in [-0.4, -0.2) is 25.1 Å². The van der Waals surface area contributed by atoms with Crippen LogP contribution in [0.25, 0.3) is 0 Å². The van der Waals surface area contributed by atoms with Crippen LogP contribution < -0.4 is 5.43 Å². The molecule has 2 nitrogen and oxygen atoms in total. The zero-order valence-corrected chi connectivity index (χ0v) is 6.23. The quantitative estimate of drug-likeness (QED) is 0.550. The van der Waals surface area contributed by atoms with Gasteiger partial charge in [0.15, 0.2) is 0 Å². The molecule has 0 saturated carbocycles. The fourth-order valence-corrected chi connectivity index (χ4v) is 0.532. The van der Waals surface area contributed by atoms with Crippen LogP contribution in [0.1, 0.15) is 20.3 Å². The van der Waals surface area contributed by atoms with Crippen molar-refractivity contribution in [3.63, 3.8) is 0 Å². The fourth-order valence-electron chi connectivity index (χ4n) is 0.532. The number of nitrogens with one attached hydrogen (secondary N) is 1. The molecule has 0 saturated heterocycles. The van der Waals surface area contributed by atoms with Crippen molar-refractivity contribution in [1.29, 1.82) is 0 Å². The van der Waals surface area contributed by atoms with Gasteiger partial charge in [0, 0.05) is 20.1 Å². The maximum atomic E-state index is 3.23. The number of hydrazine groups is 1. The van der Waals surface area contributed by atoms with E-state index in [1.54, 1.807) is 0 Å². The van der Waals surface area contributed by atoms with Gasteiger partial charge in [0.1, 0.15) is 0 Å². The number of nitrogens with zero attached hydrogens (tertiary/aromatic N) is 1. The minimum atomic E-state index is 0.602. The Morgan fingerprint density at radius 3 is 2.12 bits per heavy atom. The van der Waals surface area contributed by atoms with Crippen molar-refractivity contribution >= 4 is 0 Å². The molecule has 0 amide bonds. The van der Waals surface area contributed by atoms with Gasteiger partial charge in [-0.25, -0.2) is 0 Å².